The van der Waals surface area contributed by atoms with E-state index in [1.165, 1.54) is 5.69 Å². The summed E-state index contributed by atoms with van der Waals surface area (Å²) in [7, 11) is 2.10. The fourth-order valence-electron chi connectivity index (χ4n) is 3.17. The molecule has 3 rings (SSSR count). The molecule has 0 amide bonds. The van der Waals surface area contributed by atoms with Crippen molar-refractivity contribution in [1.82, 2.24) is 14.5 Å². The van der Waals surface area contributed by atoms with Gasteiger partial charge >= 0.3 is 5.97 Å². The molecule has 1 saturated heterocycles. The predicted molar refractivity (Wildman–Crippen MR) is 70.8 cm³/mol. The van der Waals surface area contributed by atoms with Gasteiger partial charge in [0.1, 0.15) is 11.9 Å². The van der Waals surface area contributed by atoms with Gasteiger partial charge in [-0.3, -0.25) is 9.69 Å². The molecule has 0 N–H and O–H groups in total. The molecule has 0 radical (unpaired) electrons. The number of ether oxygens (including phenoxy) is 1. The van der Waals surface area contributed by atoms with Gasteiger partial charge in [0, 0.05) is 44.6 Å². The van der Waals surface area contributed by atoms with E-state index in [9.17, 15) is 4.79 Å². The Morgan fingerprint density at radius 1 is 1.42 bits per heavy atom. The van der Waals surface area contributed by atoms with Crippen LogP contribution < -0.4 is 0 Å². The van der Waals surface area contributed by atoms with Crippen molar-refractivity contribution < 1.29 is 9.53 Å². The summed E-state index contributed by atoms with van der Waals surface area (Å²) in [6.45, 7) is 6.59. The van der Waals surface area contributed by atoms with Crippen molar-refractivity contribution in [3.63, 3.8) is 0 Å². The molecule has 19 heavy (non-hydrogen) atoms. The second kappa shape index (κ2) is 4.63. The number of nitrogens with zero attached hydrogens (tertiary/aromatic N) is 3. The third kappa shape index (κ3) is 2.06. The third-order valence-electron chi connectivity index (χ3n) is 4.18. The van der Waals surface area contributed by atoms with E-state index in [-0.39, 0.29) is 12.0 Å². The number of cyclic esters (lactones) is 1. The van der Waals surface area contributed by atoms with Crippen LogP contribution in [0.4, 0.5) is 0 Å². The lowest BCUT2D eigenvalue weighted by Gasteiger charge is -2.29. The number of rotatable bonds is 2. The van der Waals surface area contributed by atoms with Gasteiger partial charge in [0.25, 0.3) is 0 Å². The highest BCUT2D eigenvalue weighted by Gasteiger charge is 2.35. The zero-order valence-electron chi connectivity index (χ0n) is 11.8. The Hall–Kier alpha value is -1.36. The topological polar surface area (TPSA) is 47.4 Å². The smallest absolute Gasteiger partial charge is 0.323 e. The first-order valence-corrected chi connectivity index (χ1v) is 7.03. The summed E-state index contributed by atoms with van der Waals surface area (Å²) in [6, 6.07) is -0.0577. The number of imidazole rings is 1. The Bertz CT molecular complexity index is 507. The number of carbonyl (C=O) groups is 1. The van der Waals surface area contributed by atoms with E-state index in [1.54, 1.807) is 0 Å². The molecule has 2 aliphatic heterocycles. The second-order valence-electron chi connectivity index (χ2n) is 5.77. The molecule has 1 fully saturated rings. The third-order valence-corrected chi connectivity index (χ3v) is 4.18. The summed E-state index contributed by atoms with van der Waals surface area (Å²) in [5.74, 6) is 1.50. The fraction of sp³-hybridized carbons (Fsp3) is 0.714. The minimum Gasteiger partial charge on any atom is -0.464 e. The second-order valence-corrected chi connectivity index (χ2v) is 5.77. The van der Waals surface area contributed by atoms with Crippen molar-refractivity contribution >= 4 is 5.97 Å². The Balaban J connectivity index is 1.84. The van der Waals surface area contributed by atoms with Crippen LogP contribution in [0.3, 0.4) is 0 Å². The van der Waals surface area contributed by atoms with Crippen LogP contribution >= 0.6 is 0 Å². The lowest BCUT2D eigenvalue weighted by molar-refractivity contribution is -0.142. The van der Waals surface area contributed by atoms with Crippen LogP contribution in [0.2, 0.25) is 0 Å². The number of esters is 1. The van der Waals surface area contributed by atoms with Crippen LogP contribution in [0.15, 0.2) is 0 Å². The minimum absolute atomic E-state index is 0.0577. The monoisotopic (exact) mass is 263 g/mol. The van der Waals surface area contributed by atoms with Crippen LogP contribution in [0.5, 0.6) is 0 Å². The van der Waals surface area contributed by atoms with Crippen molar-refractivity contribution in [2.24, 2.45) is 7.05 Å². The molecule has 3 heterocycles. The van der Waals surface area contributed by atoms with Crippen LogP contribution in [-0.4, -0.2) is 39.6 Å². The molecule has 0 bridgehead atoms. The summed E-state index contributed by atoms with van der Waals surface area (Å²) < 4.78 is 7.29. The highest BCUT2D eigenvalue weighted by molar-refractivity contribution is 5.77. The highest BCUT2D eigenvalue weighted by Crippen LogP contribution is 2.26. The van der Waals surface area contributed by atoms with Gasteiger partial charge in [0.2, 0.25) is 0 Å². The minimum atomic E-state index is -0.0662. The highest BCUT2D eigenvalue weighted by atomic mass is 16.5. The van der Waals surface area contributed by atoms with Gasteiger partial charge in [0.15, 0.2) is 0 Å². The van der Waals surface area contributed by atoms with Crippen molar-refractivity contribution in [2.75, 3.05) is 13.2 Å². The lowest BCUT2D eigenvalue weighted by atomic mass is 10.1. The quantitative estimate of drug-likeness (QED) is 0.753. The molecule has 5 heteroatoms. The van der Waals surface area contributed by atoms with Gasteiger partial charge < -0.3 is 9.30 Å². The fourth-order valence-corrected chi connectivity index (χ4v) is 3.17. The molecular weight excluding hydrogens is 242 g/mol. The standard InChI is InChI=1S/C14H21N3O2/c1-9(2)13-15-10-8-17(6-4-11(10)16(13)3)12-5-7-19-14(12)18/h9,12H,4-8H2,1-3H3. The first-order valence-electron chi connectivity index (χ1n) is 7.03. The number of carbonyl (C=O) groups excluding carboxylic acids is 1. The van der Waals surface area contributed by atoms with Crippen LogP contribution in [0.25, 0.3) is 0 Å². The molecule has 1 atom stereocenters. The Labute approximate surface area is 113 Å². The van der Waals surface area contributed by atoms with Gasteiger partial charge in [-0.15, -0.1) is 0 Å². The summed E-state index contributed by atoms with van der Waals surface area (Å²) >= 11 is 0. The van der Waals surface area contributed by atoms with Gasteiger partial charge in [0.05, 0.1) is 12.3 Å². The summed E-state index contributed by atoms with van der Waals surface area (Å²) in [6.07, 6.45) is 1.79. The molecule has 1 aromatic rings. The number of fused-ring (bicyclic) bond motifs is 1. The Kier molecular flexibility index (Phi) is 3.09. The van der Waals surface area contributed by atoms with E-state index in [4.69, 9.17) is 9.72 Å². The average Bonchev–Trinajstić information content (AvgIpc) is 2.93. The molecule has 104 valence electrons. The van der Waals surface area contributed by atoms with Crippen molar-refractivity contribution in [3.05, 3.63) is 17.2 Å². The number of hydrogen-bond donors (Lipinski definition) is 0. The predicted octanol–water partition coefficient (Wildman–Crippen LogP) is 1.22. The molecule has 0 aromatic carbocycles. The summed E-state index contributed by atoms with van der Waals surface area (Å²) in [4.78, 5) is 18.7. The zero-order valence-corrected chi connectivity index (χ0v) is 11.8. The first-order chi connectivity index (χ1) is 9.08. The number of aromatic nitrogens is 2. The van der Waals surface area contributed by atoms with Crippen LogP contribution in [0.1, 0.15) is 43.4 Å². The molecule has 0 spiro atoms. The van der Waals surface area contributed by atoms with E-state index in [0.717, 1.165) is 37.4 Å². The average molecular weight is 263 g/mol. The maximum atomic E-state index is 11.7. The summed E-state index contributed by atoms with van der Waals surface area (Å²) in [5.41, 5.74) is 2.46. The van der Waals surface area contributed by atoms with Gasteiger partial charge in [-0.25, -0.2) is 4.98 Å². The van der Waals surface area contributed by atoms with Crippen molar-refractivity contribution in [1.29, 1.82) is 0 Å². The Morgan fingerprint density at radius 2 is 2.21 bits per heavy atom. The van der Waals surface area contributed by atoms with E-state index in [2.05, 4.69) is 30.4 Å². The van der Waals surface area contributed by atoms with E-state index < -0.39 is 0 Å². The summed E-state index contributed by atoms with van der Waals surface area (Å²) in [5, 5.41) is 0. The van der Waals surface area contributed by atoms with E-state index in [1.807, 2.05) is 0 Å². The van der Waals surface area contributed by atoms with Gasteiger partial charge in [-0.2, -0.15) is 0 Å². The molecular formula is C14H21N3O2. The maximum absolute atomic E-state index is 11.7. The normalized spacial score (nSPS) is 23.8. The molecule has 0 aliphatic carbocycles. The molecule has 0 saturated carbocycles. The van der Waals surface area contributed by atoms with Gasteiger partial charge in [-0.1, -0.05) is 13.8 Å². The van der Waals surface area contributed by atoms with E-state index in [0.29, 0.717) is 12.5 Å². The zero-order chi connectivity index (χ0) is 13.6. The number of hydrogen-bond acceptors (Lipinski definition) is 4. The molecule has 2 aliphatic rings. The van der Waals surface area contributed by atoms with Crippen molar-refractivity contribution in [2.45, 2.75) is 45.2 Å². The first kappa shape index (κ1) is 12.7. The molecule has 1 unspecified atom stereocenters. The van der Waals surface area contributed by atoms with Crippen LogP contribution in [-0.2, 0) is 29.5 Å². The molecule has 5 nitrogen and oxygen atoms in total. The SMILES string of the molecule is CC(C)c1nc2c(n1C)CCN(C1CCOC1=O)C2. The van der Waals surface area contributed by atoms with Crippen molar-refractivity contribution in [3.8, 4) is 0 Å². The maximum Gasteiger partial charge on any atom is 0.323 e. The van der Waals surface area contributed by atoms with Crippen LogP contribution in [0, 0.1) is 0 Å². The lowest BCUT2D eigenvalue weighted by Crippen LogP contribution is -2.42. The molecule has 1 aromatic heterocycles. The Morgan fingerprint density at radius 3 is 2.84 bits per heavy atom. The van der Waals surface area contributed by atoms with Gasteiger partial charge in [-0.05, 0) is 0 Å². The largest absolute Gasteiger partial charge is 0.464 e. The van der Waals surface area contributed by atoms with E-state index >= 15 is 0 Å².